The van der Waals surface area contributed by atoms with Gasteiger partial charge in [-0.3, -0.25) is 14.9 Å². The summed E-state index contributed by atoms with van der Waals surface area (Å²) >= 11 is 5.91. The van der Waals surface area contributed by atoms with Gasteiger partial charge in [0.2, 0.25) is 11.8 Å². The minimum Gasteiger partial charge on any atom is -0.453 e. The molecule has 2 bridgehead atoms. The Morgan fingerprint density at radius 2 is 1.91 bits per heavy atom. The fraction of sp³-hybridized carbons (Fsp3) is 0.455. The second-order valence-corrected chi connectivity index (χ2v) is 12.4. The zero-order valence-electron chi connectivity index (χ0n) is 26.0. The zero-order valence-corrected chi connectivity index (χ0v) is 26.7. The Hall–Kier alpha value is -4.13. The van der Waals surface area contributed by atoms with Gasteiger partial charge < -0.3 is 19.9 Å². The standard InChI is InChI=1S/C33H36ClF4N5O4/c1-18(28-22(33(36,37)38)12-13-23(34)29(28)35)14-15-43(31(45)19-6-5-7-19)26-8-3-4-9-27(44)41-24-16-20(40-32(46)47-2)10-11-21(24)25-17-39-30(26)42-25/h10-13,16-19,26H,3-9,14-15H2,1-2H3,(H,39,42)(H,40,46)(H,41,44). The molecule has 3 aromatic rings. The van der Waals surface area contributed by atoms with Crippen molar-refractivity contribution in [3.8, 4) is 11.3 Å². The van der Waals surface area contributed by atoms with Gasteiger partial charge in [-0.2, -0.15) is 13.2 Å². The Bertz CT molecular complexity index is 1640. The number of nitrogens with one attached hydrogen (secondary N) is 3. The summed E-state index contributed by atoms with van der Waals surface area (Å²) in [7, 11) is 1.24. The molecule has 2 heterocycles. The molecule has 2 atom stereocenters. The Kier molecular flexibility index (Phi) is 10.4. The van der Waals surface area contributed by atoms with Crippen LogP contribution >= 0.6 is 11.6 Å². The highest BCUT2D eigenvalue weighted by Crippen LogP contribution is 2.41. The van der Waals surface area contributed by atoms with Crippen molar-refractivity contribution in [1.29, 1.82) is 0 Å². The molecule has 1 fully saturated rings. The summed E-state index contributed by atoms with van der Waals surface area (Å²) in [6.45, 7) is 1.56. The maximum Gasteiger partial charge on any atom is 0.416 e. The number of ether oxygens (including phenoxy) is 1. The average Bonchev–Trinajstić information content (AvgIpc) is 3.47. The van der Waals surface area contributed by atoms with Gasteiger partial charge in [-0.05, 0) is 68.4 Å². The molecular formula is C33H36ClF4N5O4. The molecule has 5 rings (SSSR count). The van der Waals surface area contributed by atoms with Crippen LogP contribution in [0.25, 0.3) is 11.3 Å². The molecule has 2 aliphatic rings. The van der Waals surface area contributed by atoms with Crippen LogP contribution in [-0.4, -0.2) is 46.4 Å². The molecule has 2 unspecified atom stereocenters. The SMILES string of the molecule is COC(=O)Nc1ccc2c(c1)NC(=O)CCCCC(N(CCC(C)c1c(C(F)(F)F)ccc(Cl)c1F)C(=O)C1CCC1)c1ncc-2[nH]1. The number of carbonyl (C=O) groups is 3. The quantitative estimate of drug-likeness (QED) is 0.217. The normalized spacial score (nSPS) is 17.7. The highest BCUT2D eigenvalue weighted by molar-refractivity contribution is 6.30. The molecule has 1 aliphatic carbocycles. The number of methoxy groups -OCH3 is 1. The van der Waals surface area contributed by atoms with Crippen LogP contribution < -0.4 is 10.6 Å². The van der Waals surface area contributed by atoms with E-state index < -0.39 is 46.2 Å². The van der Waals surface area contributed by atoms with E-state index in [1.54, 1.807) is 29.3 Å². The highest BCUT2D eigenvalue weighted by atomic mass is 35.5. The van der Waals surface area contributed by atoms with Gasteiger partial charge in [0, 0.05) is 35.7 Å². The van der Waals surface area contributed by atoms with Gasteiger partial charge in [0.1, 0.15) is 11.6 Å². The minimum absolute atomic E-state index is 0.0457. The number of nitrogens with zero attached hydrogens (tertiary/aromatic N) is 2. The number of fused-ring (bicyclic) bond motifs is 4. The molecule has 3 amide bonds. The molecule has 0 spiro atoms. The summed E-state index contributed by atoms with van der Waals surface area (Å²) < 4.78 is 61.4. The summed E-state index contributed by atoms with van der Waals surface area (Å²) in [5.74, 6) is -2.13. The summed E-state index contributed by atoms with van der Waals surface area (Å²) in [6.07, 6.45) is 0.179. The summed E-state index contributed by atoms with van der Waals surface area (Å²) in [6, 6.07) is 6.07. The molecule has 47 heavy (non-hydrogen) atoms. The maximum atomic E-state index is 15.1. The third-order valence-electron chi connectivity index (χ3n) is 8.91. The van der Waals surface area contributed by atoms with Crippen molar-refractivity contribution in [2.24, 2.45) is 5.92 Å². The Morgan fingerprint density at radius 1 is 1.15 bits per heavy atom. The number of rotatable bonds is 7. The average molecular weight is 678 g/mol. The number of aromatic nitrogens is 2. The van der Waals surface area contributed by atoms with E-state index in [1.807, 2.05) is 0 Å². The Balaban J connectivity index is 1.49. The number of benzene rings is 2. The molecule has 252 valence electrons. The third kappa shape index (κ3) is 7.72. The van der Waals surface area contributed by atoms with Gasteiger partial charge in [0.15, 0.2) is 0 Å². The summed E-state index contributed by atoms with van der Waals surface area (Å²) in [4.78, 5) is 48.2. The van der Waals surface area contributed by atoms with Crippen LogP contribution in [-0.2, 0) is 20.5 Å². The predicted octanol–water partition coefficient (Wildman–Crippen LogP) is 8.44. The van der Waals surface area contributed by atoms with E-state index in [2.05, 4.69) is 25.3 Å². The highest BCUT2D eigenvalue weighted by Gasteiger charge is 2.38. The van der Waals surface area contributed by atoms with Crippen molar-refractivity contribution in [3.05, 3.63) is 64.3 Å². The first kappa shape index (κ1) is 34.2. The fourth-order valence-electron chi connectivity index (χ4n) is 6.13. The van der Waals surface area contributed by atoms with E-state index in [0.29, 0.717) is 60.6 Å². The number of halogens is 5. The van der Waals surface area contributed by atoms with Crippen molar-refractivity contribution in [3.63, 3.8) is 0 Å². The molecule has 1 saturated carbocycles. The second-order valence-electron chi connectivity index (χ2n) is 12.0. The van der Waals surface area contributed by atoms with Gasteiger partial charge in [0.25, 0.3) is 0 Å². The number of imidazole rings is 1. The number of carbonyl (C=O) groups excluding carboxylic acids is 3. The lowest BCUT2D eigenvalue weighted by molar-refractivity contribution is -0.142. The summed E-state index contributed by atoms with van der Waals surface area (Å²) in [5.41, 5.74) is 0.350. The molecule has 1 aromatic heterocycles. The molecule has 0 saturated heterocycles. The maximum absolute atomic E-state index is 15.1. The van der Waals surface area contributed by atoms with E-state index in [9.17, 15) is 27.6 Å². The van der Waals surface area contributed by atoms with Crippen LogP contribution in [0.5, 0.6) is 0 Å². The smallest absolute Gasteiger partial charge is 0.416 e. The molecule has 14 heteroatoms. The van der Waals surface area contributed by atoms with E-state index in [4.69, 9.17) is 11.6 Å². The predicted molar refractivity (Wildman–Crippen MR) is 168 cm³/mol. The number of hydrogen-bond donors (Lipinski definition) is 3. The number of hydrogen-bond acceptors (Lipinski definition) is 5. The molecule has 0 radical (unpaired) electrons. The number of alkyl halides is 3. The van der Waals surface area contributed by atoms with Crippen LogP contribution in [0, 0.1) is 11.7 Å². The van der Waals surface area contributed by atoms with E-state index in [-0.39, 0.29) is 37.1 Å². The van der Waals surface area contributed by atoms with Crippen LogP contribution in [0.3, 0.4) is 0 Å². The Labute approximate surface area is 274 Å². The van der Waals surface area contributed by atoms with Crippen molar-refractivity contribution in [2.45, 2.75) is 76.4 Å². The molecule has 1 aliphatic heterocycles. The van der Waals surface area contributed by atoms with Gasteiger partial charge in [-0.25, -0.2) is 14.2 Å². The van der Waals surface area contributed by atoms with Crippen LogP contribution in [0.2, 0.25) is 5.02 Å². The lowest BCUT2D eigenvalue weighted by Gasteiger charge is -2.37. The van der Waals surface area contributed by atoms with Crippen LogP contribution in [0.1, 0.15) is 87.2 Å². The first-order valence-corrected chi connectivity index (χ1v) is 15.9. The van der Waals surface area contributed by atoms with Gasteiger partial charge in [0.05, 0.1) is 41.3 Å². The van der Waals surface area contributed by atoms with Crippen molar-refractivity contribution >= 4 is 40.9 Å². The van der Waals surface area contributed by atoms with E-state index in [0.717, 1.165) is 18.6 Å². The van der Waals surface area contributed by atoms with Crippen LogP contribution in [0.15, 0.2) is 36.5 Å². The lowest BCUT2D eigenvalue weighted by atomic mass is 9.83. The molecule has 3 N–H and O–H groups in total. The second kappa shape index (κ2) is 14.3. The van der Waals surface area contributed by atoms with E-state index in [1.165, 1.54) is 14.0 Å². The minimum atomic E-state index is -4.78. The number of aromatic amines is 1. The largest absolute Gasteiger partial charge is 0.453 e. The van der Waals surface area contributed by atoms with Gasteiger partial charge in [-0.1, -0.05) is 31.4 Å². The van der Waals surface area contributed by atoms with Crippen molar-refractivity contribution in [1.82, 2.24) is 14.9 Å². The monoisotopic (exact) mass is 677 g/mol. The van der Waals surface area contributed by atoms with Crippen molar-refractivity contribution in [2.75, 3.05) is 24.3 Å². The molecule has 2 aromatic carbocycles. The molecule has 9 nitrogen and oxygen atoms in total. The number of anilines is 2. The topological polar surface area (TPSA) is 116 Å². The van der Waals surface area contributed by atoms with Gasteiger partial charge in [-0.15, -0.1) is 0 Å². The zero-order chi connectivity index (χ0) is 33.9. The van der Waals surface area contributed by atoms with Gasteiger partial charge >= 0.3 is 12.3 Å². The molecular weight excluding hydrogens is 642 g/mol. The van der Waals surface area contributed by atoms with Crippen molar-refractivity contribution < 1.29 is 36.7 Å². The van der Waals surface area contributed by atoms with E-state index >= 15 is 4.39 Å². The Morgan fingerprint density at radius 3 is 2.60 bits per heavy atom. The summed E-state index contributed by atoms with van der Waals surface area (Å²) in [5, 5.41) is 5.08. The first-order chi connectivity index (χ1) is 22.4. The first-order valence-electron chi connectivity index (χ1n) is 15.6. The lowest BCUT2D eigenvalue weighted by Crippen LogP contribution is -2.42. The van der Waals surface area contributed by atoms with Crippen LogP contribution in [0.4, 0.5) is 33.7 Å². The third-order valence-corrected chi connectivity index (χ3v) is 9.20. The fourth-order valence-corrected chi connectivity index (χ4v) is 6.29. The number of amides is 3. The number of H-pyrrole nitrogens is 1.